The molecular formula is C31H37N7O3. The van der Waals surface area contributed by atoms with Crippen LogP contribution in [0.2, 0.25) is 0 Å². The standard InChI is InChI=1S/C31H37N7O3/c1-21-17-38(31(39)40)23(12-14-32)18-37(21)29-26-13-16-36(28-11-5-8-22-7-3-4-10-25(22)28)19-27(26)33-30(34-29)41-20-24-9-6-15-35(24)2/h3-5,7-8,10-11,21,23-24H,6,9,12-13,15-20H2,1-2H3,(H,39,40)/t21-,23-,24-/m0/s1. The molecule has 2 aromatic carbocycles. The highest BCUT2D eigenvalue weighted by atomic mass is 16.5. The molecule has 0 bridgehead atoms. The summed E-state index contributed by atoms with van der Waals surface area (Å²) in [4.78, 5) is 30.1. The number of carbonyl (C=O) groups is 1. The van der Waals surface area contributed by atoms with Crippen LogP contribution in [0.5, 0.6) is 6.01 Å². The lowest BCUT2D eigenvalue weighted by atomic mass is 10.00. The fourth-order valence-corrected chi connectivity index (χ4v) is 6.59. The average Bonchev–Trinajstić information content (AvgIpc) is 3.40. The topological polar surface area (TPSA) is 109 Å². The van der Waals surface area contributed by atoms with Crippen molar-refractivity contribution in [1.82, 2.24) is 19.8 Å². The fraction of sp³-hybridized carbons (Fsp3) is 0.484. The van der Waals surface area contributed by atoms with Gasteiger partial charge in [0.25, 0.3) is 0 Å². The molecule has 3 aromatic rings. The molecule has 0 aliphatic carbocycles. The molecule has 2 fully saturated rings. The highest BCUT2D eigenvalue weighted by Gasteiger charge is 2.37. The van der Waals surface area contributed by atoms with Crippen molar-refractivity contribution in [3.63, 3.8) is 0 Å². The van der Waals surface area contributed by atoms with Crippen molar-refractivity contribution in [2.75, 3.05) is 49.6 Å². The molecule has 1 aromatic heterocycles. The molecule has 4 heterocycles. The van der Waals surface area contributed by atoms with E-state index in [0.29, 0.717) is 38.3 Å². The minimum absolute atomic E-state index is 0.107. The second-order valence-electron chi connectivity index (χ2n) is 11.5. The van der Waals surface area contributed by atoms with Gasteiger partial charge >= 0.3 is 12.1 Å². The van der Waals surface area contributed by atoms with Gasteiger partial charge in [-0.05, 0) is 51.2 Å². The van der Waals surface area contributed by atoms with Crippen molar-refractivity contribution in [2.45, 2.75) is 57.3 Å². The maximum absolute atomic E-state index is 12.0. The zero-order chi connectivity index (χ0) is 28.5. The lowest BCUT2D eigenvalue weighted by Crippen LogP contribution is -2.59. The SMILES string of the molecule is C[C@H]1CN(C(=O)O)[C@@H](CC#N)CN1c1nc(OC[C@@H]2CCCN2C)nc2c1CCN(c1cccc3ccccc13)C2. The lowest BCUT2D eigenvalue weighted by Gasteiger charge is -2.45. The number of carboxylic acid groups (broad SMARTS) is 1. The number of nitriles is 1. The number of hydrogen-bond acceptors (Lipinski definition) is 8. The molecule has 3 aliphatic rings. The summed E-state index contributed by atoms with van der Waals surface area (Å²) in [5.41, 5.74) is 3.20. The number of aromatic nitrogens is 2. The first kappa shape index (κ1) is 27.1. The average molecular weight is 556 g/mol. The van der Waals surface area contributed by atoms with Gasteiger partial charge in [-0.3, -0.25) is 0 Å². The van der Waals surface area contributed by atoms with Crippen molar-refractivity contribution in [2.24, 2.45) is 0 Å². The molecule has 41 heavy (non-hydrogen) atoms. The summed E-state index contributed by atoms with van der Waals surface area (Å²) in [7, 11) is 2.13. The molecule has 2 saturated heterocycles. The number of likely N-dealkylation sites (N-methyl/N-ethyl adjacent to an activating group) is 1. The first-order chi connectivity index (χ1) is 19.9. The molecule has 10 heteroatoms. The summed E-state index contributed by atoms with van der Waals surface area (Å²) in [6, 6.07) is 17.2. The van der Waals surface area contributed by atoms with Crippen LogP contribution in [0, 0.1) is 11.3 Å². The Hall–Kier alpha value is -4.10. The predicted molar refractivity (Wildman–Crippen MR) is 157 cm³/mol. The number of amides is 1. The van der Waals surface area contributed by atoms with E-state index < -0.39 is 12.1 Å². The Labute approximate surface area is 240 Å². The number of benzene rings is 2. The van der Waals surface area contributed by atoms with Crippen LogP contribution in [-0.2, 0) is 13.0 Å². The summed E-state index contributed by atoms with van der Waals surface area (Å²) in [6.45, 7) is 5.77. The van der Waals surface area contributed by atoms with Gasteiger partial charge in [0.2, 0.25) is 0 Å². The first-order valence-electron chi connectivity index (χ1n) is 14.5. The van der Waals surface area contributed by atoms with Gasteiger partial charge in [0.1, 0.15) is 12.4 Å². The molecule has 214 valence electrons. The van der Waals surface area contributed by atoms with Crippen LogP contribution in [-0.4, -0.2) is 88.9 Å². The number of nitrogens with zero attached hydrogens (tertiary/aromatic N) is 7. The largest absolute Gasteiger partial charge is 0.465 e. The Morgan fingerprint density at radius 1 is 1.12 bits per heavy atom. The van der Waals surface area contributed by atoms with E-state index in [1.54, 1.807) is 0 Å². The Kier molecular flexibility index (Phi) is 7.54. The van der Waals surface area contributed by atoms with Crippen molar-refractivity contribution >= 4 is 28.4 Å². The molecule has 0 radical (unpaired) electrons. The molecule has 3 aliphatic heterocycles. The van der Waals surface area contributed by atoms with E-state index >= 15 is 0 Å². The summed E-state index contributed by atoms with van der Waals surface area (Å²) >= 11 is 0. The van der Waals surface area contributed by atoms with Crippen molar-refractivity contribution in [1.29, 1.82) is 5.26 Å². The zero-order valence-corrected chi connectivity index (χ0v) is 23.7. The third kappa shape index (κ3) is 5.34. The van der Waals surface area contributed by atoms with Gasteiger partial charge in [0.15, 0.2) is 0 Å². The smallest absolute Gasteiger partial charge is 0.407 e. The van der Waals surface area contributed by atoms with E-state index in [1.807, 2.05) is 6.92 Å². The molecule has 10 nitrogen and oxygen atoms in total. The van der Waals surface area contributed by atoms with E-state index in [2.05, 4.69) is 70.3 Å². The van der Waals surface area contributed by atoms with Crippen LogP contribution in [0.3, 0.4) is 0 Å². The highest BCUT2D eigenvalue weighted by molar-refractivity contribution is 5.94. The van der Waals surface area contributed by atoms with Crippen LogP contribution < -0.4 is 14.5 Å². The number of ether oxygens (including phenoxy) is 1. The molecular weight excluding hydrogens is 518 g/mol. The zero-order valence-electron chi connectivity index (χ0n) is 23.7. The van der Waals surface area contributed by atoms with Gasteiger partial charge in [0, 0.05) is 48.4 Å². The van der Waals surface area contributed by atoms with Crippen LogP contribution in [0.4, 0.5) is 16.3 Å². The molecule has 6 rings (SSSR count). The Bertz CT molecular complexity index is 1470. The lowest BCUT2D eigenvalue weighted by molar-refractivity contribution is 0.110. The van der Waals surface area contributed by atoms with Crippen molar-refractivity contribution in [3.8, 4) is 12.1 Å². The van der Waals surface area contributed by atoms with E-state index in [4.69, 9.17) is 14.7 Å². The van der Waals surface area contributed by atoms with Crippen LogP contribution in [0.15, 0.2) is 42.5 Å². The quantitative estimate of drug-likeness (QED) is 0.480. The minimum Gasteiger partial charge on any atom is -0.465 e. The van der Waals surface area contributed by atoms with Gasteiger partial charge in [-0.2, -0.15) is 15.2 Å². The fourth-order valence-electron chi connectivity index (χ4n) is 6.59. The summed E-state index contributed by atoms with van der Waals surface area (Å²) in [5.74, 6) is 0.808. The normalized spacial score (nSPS) is 23.0. The summed E-state index contributed by atoms with van der Waals surface area (Å²) < 4.78 is 6.27. The maximum atomic E-state index is 12.0. The molecule has 0 spiro atoms. The second-order valence-corrected chi connectivity index (χ2v) is 11.5. The number of fused-ring (bicyclic) bond motifs is 2. The Morgan fingerprint density at radius 2 is 1.95 bits per heavy atom. The van der Waals surface area contributed by atoms with E-state index in [-0.39, 0.29) is 12.5 Å². The van der Waals surface area contributed by atoms with E-state index in [9.17, 15) is 15.2 Å². The minimum atomic E-state index is -0.989. The van der Waals surface area contributed by atoms with Gasteiger partial charge in [-0.1, -0.05) is 36.4 Å². The molecule has 0 unspecified atom stereocenters. The Balaban J connectivity index is 1.35. The number of anilines is 2. The monoisotopic (exact) mass is 555 g/mol. The molecule has 3 atom stereocenters. The Morgan fingerprint density at radius 3 is 2.73 bits per heavy atom. The van der Waals surface area contributed by atoms with Gasteiger partial charge < -0.3 is 29.4 Å². The summed E-state index contributed by atoms with van der Waals surface area (Å²) in [6.07, 6.45) is 2.15. The van der Waals surface area contributed by atoms with E-state index in [0.717, 1.165) is 49.4 Å². The third-order valence-electron chi connectivity index (χ3n) is 8.89. The number of rotatable bonds is 6. The second kappa shape index (κ2) is 11.4. The maximum Gasteiger partial charge on any atom is 0.407 e. The van der Waals surface area contributed by atoms with Gasteiger partial charge in [-0.25, -0.2) is 4.79 Å². The van der Waals surface area contributed by atoms with Crippen LogP contribution in [0.1, 0.15) is 37.4 Å². The highest BCUT2D eigenvalue weighted by Crippen LogP contribution is 2.36. The van der Waals surface area contributed by atoms with Gasteiger partial charge in [-0.15, -0.1) is 0 Å². The number of likely N-dealkylation sites (tertiary alicyclic amines) is 1. The third-order valence-corrected chi connectivity index (χ3v) is 8.89. The number of hydrogen-bond donors (Lipinski definition) is 1. The van der Waals surface area contributed by atoms with E-state index in [1.165, 1.54) is 21.4 Å². The number of piperazine rings is 1. The molecule has 1 N–H and O–H groups in total. The van der Waals surface area contributed by atoms with Crippen LogP contribution >= 0.6 is 0 Å². The van der Waals surface area contributed by atoms with Crippen molar-refractivity contribution in [3.05, 3.63) is 53.7 Å². The predicted octanol–water partition coefficient (Wildman–Crippen LogP) is 4.14. The molecule has 0 saturated carbocycles. The first-order valence-corrected chi connectivity index (χ1v) is 14.5. The van der Waals surface area contributed by atoms with Crippen molar-refractivity contribution < 1.29 is 14.6 Å². The molecule has 1 amide bonds. The van der Waals surface area contributed by atoms with Crippen LogP contribution in [0.25, 0.3) is 10.8 Å². The van der Waals surface area contributed by atoms with Gasteiger partial charge in [0.05, 0.1) is 30.8 Å². The summed E-state index contributed by atoms with van der Waals surface area (Å²) in [5, 5.41) is 21.7.